The van der Waals surface area contributed by atoms with Crippen LogP contribution in [0.15, 0.2) is 58.0 Å². The molecule has 4 nitrogen and oxygen atoms in total. The van der Waals surface area contributed by atoms with Gasteiger partial charge in [-0.05, 0) is 39.7 Å². The van der Waals surface area contributed by atoms with Gasteiger partial charge in [0.05, 0.1) is 23.4 Å². The van der Waals surface area contributed by atoms with Gasteiger partial charge in [0.1, 0.15) is 10.6 Å². The second kappa shape index (κ2) is 6.70. The van der Waals surface area contributed by atoms with Gasteiger partial charge in [0.25, 0.3) is 0 Å². The lowest BCUT2D eigenvalue weighted by Crippen LogP contribution is -2.07. The van der Waals surface area contributed by atoms with E-state index in [2.05, 4.69) is 20.9 Å². The van der Waals surface area contributed by atoms with Crippen LogP contribution in [0.5, 0.6) is 5.75 Å². The number of hydrogen-bond donors (Lipinski definition) is 0. The third kappa shape index (κ3) is 3.41. The molecule has 0 N–H and O–H groups in total. The third-order valence-electron chi connectivity index (χ3n) is 3.55. The standard InChI is InChI=1S/C17H13BrClNO3S/c1-23-16-8-14(19)13(18)7-17(16)24(21,22)10-11-6-12-4-2-3-5-15(12)20-9-11/h2-9H,10H2,1H3. The van der Waals surface area contributed by atoms with Crippen molar-refractivity contribution in [2.75, 3.05) is 7.11 Å². The summed E-state index contributed by atoms with van der Waals surface area (Å²) in [6.07, 6.45) is 1.58. The van der Waals surface area contributed by atoms with E-state index < -0.39 is 9.84 Å². The first-order valence-corrected chi connectivity index (χ1v) is 9.82. The topological polar surface area (TPSA) is 56.3 Å². The fourth-order valence-corrected chi connectivity index (χ4v) is 4.55. The van der Waals surface area contributed by atoms with Gasteiger partial charge in [-0.1, -0.05) is 29.8 Å². The summed E-state index contributed by atoms with van der Waals surface area (Å²) in [5, 5.41) is 1.28. The molecule has 1 aromatic heterocycles. The van der Waals surface area contributed by atoms with Crippen LogP contribution in [0, 0.1) is 0 Å². The molecule has 0 aliphatic carbocycles. The number of benzene rings is 2. The van der Waals surface area contributed by atoms with E-state index in [-0.39, 0.29) is 16.4 Å². The molecular weight excluding hydrogens is 414 g/mol. The van der Waals surface area contributed by atoms with Crippen molar-refractivity contribution in [3.05, 3.63) is 63.7 Å². The highest BCUT2D eigenvalue weighted by atomic mass is 79.9. The summed E-state index contributed by atoms with van der Waals surface area (Å²) in [5.74, 6) is 0.0480. The van der Waals surface area contributed by atoms with Gasteiger partial charge in [-0.15, -0.1) is 0 Å². The molecule has 1 heterocycles. The van der Waals surface area contributed by atoms with Crippen molar-refractivity contribution in [3.8, 4) is 5.75 Å². The highest BCUT2D eigenvalue weighted by Crippen LogP contribution is 2.35. The zero-order chi connectivity index (χ0) is 17.3. The monoisotopic (exact) mass is 425 g/mol. The molecule has 7 heteroatoms. The maximum absolute atomic E-state index is 12.8. The smallest absolute Gasteiger partial charge is 0.186 e. The summed E-state index contributed by atoms with van der Waals surface area (Å²) in [7, 11) is -2.20. The number of ether oxygens (including phenoxy) is 1. The van der Waals surface area contributed by atoms with Crippen molar-refractivity contribution < 1.29 is 13.2 Å². The largest absolute Gasteiger partial charge is 0.495 e. The average Bonchev–Trinajstić information content (AvgIpc) is 2.56. The number of halogens is 2. The van der Waals surface area contributed by atoms with Crippen molar-refractivity contribution in [1.82, 2.24) is 4.98 Å². The van der Waals surface area contributed by atoms with Crippen LogP contribution in [0.1, 0.15) is 5.56 Å². The summed E-state index contributed by atoms with van der Waals surface area (Å²) in [6.45, 7) is 0. The Balaban J connectivity index is 2.03. The number of fused-ring (bicyclic) bond motifs is 1. The van der Waals surface area contributed by atoms with Gasteiger partial charge in [-0.2, -0.15) is 0 Å². The summed E-state index contributed by atoms with van der Waals surface area (Å²) < 4.78 is 31.3. The van der Waals surface area contributed by atoms with E-state index in [1.165, 1.54) is 19.2 Å². The van der Waals surface area contributed by atoms with Crippen molar-refractivity contribution >= 4 is 48.3 Å². The van der Waals surface area contributed by atoms with Crippen molar-refractivity contribution in [3.63, 3.8) is 0 Å². The first kappa shape index (κ1) is 17.2. The first-order chi connectivity index (χ1) is 11.4. The van der Waals surface area contributed by atoms with Gasteiger partial charge in [0.15, 0.2) is 9.84 Å². The fraction of sp³-hybridized carbons (Fsp3) is 0.118. The molecule has 3 aromatic rings. The molecule has 0 aliphatic heterocycles. The normalized spacial score (nSPS) is 11.6. The molecule has 0 bridgehead atoms. The Hall–Kier alpha value is -1.63. The molecule has 0 saturated carbocycles. The molecule has 24 heavy (non-hydrogen) atoms. The minimum atomic E-state index is -3.62. The lowest BCUT2D eigenvalue weighted by atomic mass is 10.2. The molecule has 124 valence electrons. The fourth-order valence-electron chi connectivity index (χ4n) is 2.41. The number of sulfone groups is 1. The molecule has 2 aromatic carbocycles. The summed E-state index contributed by atoms with van der Waals surface area (Å²) in [6, 6.07) is 12.3. The van der Waals surface area contributed by atoms with E-state index in [0.29, 0.717) is 15.1 Å². The maximum atomic E-state index is 12.8. The van der Waals surface area contributed by atoms with Crippen LogP contribution in [-0.4, -0.2) is 20.5 Å². The van der Waals surface area contributed by atoms with Gasteiger partial charge in [0.2, 0.25) is 0 Å². The summed E-state index contributed by atoms with van der Waals surface area (Å²) >= 11 is 9.26. The zero-order valence-corrected chi connectivity index (χ0v) is 15.8. The molecule has 3 rings (SSSR count). The third-order valence-corrected chi connectivity index (χ3v) is 6.45. The van der Waals surface area contributed by atoms with E-state index in [9.17, 15) is 8.42 Å². The molecule has 0 amide bonds. The highest BCUT2D eigenvalue weighted by Gasteiger charge is 2.22. The van der Waals surface area contributed by atoms with E-state index >= 15 is 0 Å². The van der Waals surface area contributed by atoms with Crippen LogP contribution in [0.4, 0.5) is 0 Å². The minimum Gasteiger partial charge on any atom is -0.495 e. The van der Waals surface area contributed by atoms with Crippen LogP contribution < -0.4 is 4.74 Å². The Bertz CT molecular complexity index is 1020. The van der Waals surface area contributed by atoms with E-state index in [1.807, 2.05) is 30.3 Å². The van der Waals surface area contributed by atoms with Gasteiger partial charge >= 0.3 is 0 Å². The van der Waals surface area contributed by atoms with E-state index in [0.717, 1.165) is 10.9 Å². The van der Waals surface area contributed by atoms with Crippen molar-refractivity contribution in [1.29, 1.82) is 0 Å². The summed E-state index contributed by atoms with van der Waals surface area (Å²) in [4.78, 5) is 4.40. The number of aromatic nitrogens is 1. The molecule has 0 spiro atoms. The molecule has 0 atom stereocenters. The maximum Gasteiger partial charge on any atom is 0.186 e. The Labute approximate surface area is 153 Å². The van der Waals surface area contributed by atoms with E-state index in [1.54, 1.807) is 6.20 Å². The Morgan fingerprint density at radius 1 is 1.21 bits per heavy atom. The van der Waals surface area contributed by atoms with Crippen LogP contribution in [0.25, 0.3) is 10.9 Å². The lowest BCUT2D eigenvalue weighted by molar-refractivity contribution is 0.402. The number of nitrogens with zero attached hydrogens (tertiary/aromatic N) is 1. The van der Waals surface area contributed by atoms with Gasteiger partial charge < -0.3 is 4.74 Å². The number of pyridine rings is 1. The second-order valence-electron chi connectivity index (χ2n) is 5.21. The summed E-state index contributed by atoms with van der Waals surface area (Å²) in [5.41, 5.74) is 1.44. The molecular formula is C17H13BrClNO3S. The number of hydrogen-bond acceptors (Lipinski definition) is 4. The van der Waals surface area contributed by atoms with Gasteiger partial charge in [0, 0.05) is 22.1 Å². The Morgan fingerprint density at radius 3 is 2.71 bits per heavy atom. The predicted molar refractivity (Wildman–Crippen MR) is 98.3 cm³/mol. The lowest BCUT2D eigenvalue weighted by Gasteiger charge is -2.11. The number of para-hydroxylation sites is 1. The van der Waals surface area contributed by atoms with Gasteiger partial charge in [-0.3, -0.25) is 4.98 Å². The minimum absolute atomic E-state index is 0.0921. The molecule has 0 aliphatic rings. The van der Waals surface area contributed by atoms with Crippen LogP contribution in [0.3, 0.4) is 0 Å². The highest BCUT2D eigenvalue weighted by molar-refractivity contribution is 9.10. The van der Waals surface area contributed by atoms with Crippen LogP contribution >= 0.6 is 27.5 Å². The molecule has 0 radical (unpaired) electrons. The number of rotatable bonds is 4. The predicted octanol–water partition coefficient (Wildman–Crippen LogP) is 4.63. The first-order valence-electron chi connectivity index (χ1n) is 7.00. The van der Waals surface area contributed by atoms with E-state index in [4.69, 9.17) is 16.3 Å². The van der Waals surface area contributed by atoms with Crippen LogP contribution in [0.2, 0.25) is 5.02 Å². The number of methoxy groups -OCH3 is 1. The molecule has 0 unspecified atom stereocenters. The average molecular weight is 427 g/mol. The van der Waals surface area contributed by atoms with Crippen molar-refractivity contribution in [2.45, 2.75) is 10.6 Å². The Kier molecular flexibility index (Phi) is 4.80. The Morgan fingerprint density at radius 2 is 1.96 bits per heavy atom. The second-order valence-corrected chi connectivity index (χ2v) is 8.43. The molecule has 0 fully saturated rings. The zero-order valence-electron chi connectivity index (χ0n) is 12.7. The van der Waals surface area contributed by atoms with Gasteiger partial charge in [-0.25, -0.2) is 8.42 Å². The van der Waals surface area contributed by atoms with Crippen molar-refractivity contribution in [2.24, 2.45) is 0 Å². The van der Waals surface area contributed by atoms with Crippen LogP contribution in [-0.2, 0) is 15.6 Å². The molecule has 0 saturated heterocycles. The quantitative estimate of drug-likeness (QED) is 0.610. The SMILES string of the molecule is COc1cc(Cl)c(Br)cc1S(=O)(=O)Cc1cnc2ccccc2c1.